The van der Waals surface area contributed by atoms with E-state index in [2.05, 4.69) is 21.4 Å². The number of anilines is 2. The normalized spacial score (nSPS) is 21.4. The summed E-state index contributed by atoms with van der Waals surface area (Å²) in [6, 6.07) is 10.1. The summed E-state index contributed by atoms with van der Waals surface area (Å²) in [6.07, 6.45) is 5.41. The van der Waals surface area contributed by atoms with Crippen molar-refractivity contribution in [1.29, 1.82) is 0 Å². The number of nitrogens with one attached hydrogen (secondary N) is 1. The summed E-state index contributed by atoms with van der Waals surface area (Å²) >= 11 is 1.48. The Morgan fingerprint density at radius 2 is 1.93 bits per heavy atom. The summed E-state index contributed by atoms with van der Waals surface area (Å²) in [5, 5.41) is 24.2. The van der Waals surface area contributed by atoms with Gasteiger partial charge in [0.1, 0.15) is 16.4 Å². The van der Waals surface area contributed by atoms with E-state index in [9.17, 15) is 15.0 Å². The van der Waals surface area contributed by atoms with Crippen LogP contribution in [0.25, 0.3) is 10.4 Å². The van der Waals surface area contributed by atoms with E-state index in [1.165, 1.54) is 11.3 Å². The zero-order valence-corrected chi connectivity index (χ0v) is 17.9. The third-order valence-corrected chi connectivity index (χ3v) is 6.99. The molecule has 7 heteroatoms. The summed E-state index contributed by atoms with van der Waals surface area (Å²) in [4.78, 5) is 21.0. The van der Waals surface area contributed by atoms with Crippen LogP contribution >= 0.6 is 11.3 Å². The van der Waals surface area contributed by atoms with Crippen LogP contribution in [0.4, 0.5) is 11.5 Å². The maximum absolute atomic E-state index is 11.2. The third-order valence-electron chi connectivity index (χ3n) is 5.75. The molecule has 156 valence electrons. The predicted molar refractivity (Wildman–Crippen MR) is 118 cm³/mol. The van der Waals surface area contributed by atoms with E-state index in [1.807, 2.05) is 38.1 Å². The molecule has 30 heavy (non-hydrogen) atoms. The SMILES string of the molecule is Cc1ccnc(Nc2ccc(-c3cnc([C@]4(O)CC[C@@H](C(=O)O)CC4)s3)cc2C)c1. The minimum atomic E-state index is -1.03. The minimum absolute atomic E-state index is 0.365. The van der Waals surface area contributed by atoms with Gasteiger partial charge in [0, 0.05) is 18.1 Å². The molecule has 1 aliphatic rings. The van der Waals surface area contributed by atoms with Crippen molar-refractivity contribution < 1.29 is 15.0 Å². The van der Waals surface area contributed by atoms with E-state index in [0.717, 1.165) is 33.1 Å². The molecule has 2 heterocycles. The molecule has 2 aromatic heterocycles. The number of rotatable bonds is 5. The molecule has 1 saturated carbocycles. The smallest absolute Gasteiger partial charge is 0.306 e. The number of carboxylic acids is 1. The lowest BCUT2D eigenvalue weighted by molar-refractivity contribution is -0.145. The van der Waals surface area contributed by atoms with Crippen molar-refractivity contribution in [3.05, 3.63) is 58.9 Å². The van der Waals surface area contributed by atoms with Crippen LogP contribution in [0.15, 0.2) is 42.7 Å². The number of carboxylic acid groups (broad SMARTS) is 1. The Hall–Kier alpha value is -2.77. The van der Waals surface area contributed by atoms with Crippen LogP contribution in [0.2, 0.25) is 0 Å². The second-order valence-electron chi connectivity index (χ2n) is 8.05. The molecule has 0 saturated heterocycles. The Morgan fingerprint density at radius 1 is 1.17 bits per heavy atom. The van der Waals surface area contributed by atoms with Gasteiger partial charge in [0.2, 0.25) is 0 Å². The summed E-state index contributed by atoms with van der Waals surface area (Å²) < 4.78 is 0. The van der Waals surface area contributed by atoms with Crippen molar-refractivity contribution in [1.82, 2.24) is 9.97 Å². The van der Waals surface area contributed by atoms with Crippen molar-refractivity contribution in [2.45, 2.75) is 45.1 Å². The fraction of sp³-hybridized carbons (Fsp3) is 0.348. The maximum Gasteiger partial charge on any atom is 0.306 e. The van der Waals surface area contributed by atoms with E-state index >= 15 is 0 Å². The molecule has 6 nitrogen and oxygen atoms in total. The number of aromatic nitrogens is 2. The van der Waals surface area contributed by atoms with Gasteiger partial charge >= 0.3 is 5.97 Å². The number of aryl methyl sites for hydroxylation is 2. The molecule has 0 aliphatic heterocycles. The number of thiazole rings is 1. The minimum Gasteiger partial charge on any atom is -0.481 e. The summed E-state index contributed by atoms with van der Waals surface area (Å²) in [5.41, 5.74) is 3.25. The molecule has 0 atom stereocenters. The largest absolute Gasteiger partial charge is 0.481 e. The molecule has 1 aliphatic carbocycles. The highest BCUT2D eigenvalue weighted by Gasteiger charge is 2.39. The molecule has 3 aromatic rings. The number of hydrogen-bond donors (Lipinski definition) is 3. The first-order valence-electron chi connectivity index (χ1n) is 10.1. The first kappa shape index (κ1) is 20.5. The highest BCUT2D eigenvalue weighted by molar-refractivity contribution is 7.15. The van der Waals surface area contributed by atoms with Gasteiger partial charge in [0.25, 0.3) is 0 Å². The lowest BCUT2D eigenvalue weighted by atomic mass is 9.79. The molecule has 0 radical (unpaired) electrons. The Balaban J connectivity index is 1.51. The van der Waals surface area contributed by atoms with Crippen LogP contribution in [0.5, 0.6) is 0 Å². The zero-order chi connectivity index (χ0) is 21.3. The lowest BCUT2D eigenvalue weighted by Crippen LogP contribution is -2.33. The molecule has 0 bridgehead atoms. The molecule has 4 rings (SSSR count). The Labute approximate surface area is 179 Å². The number of benzene rings is 1. The molecule has 3 N–H and O–H groups in total. The van der Waals surface area contributed by atoms with Crippen molar-refractivity contribution in [3.63, 3.8) is 0 Å². The molecule has 0 spiro atoms. The Morgan fingerprint density at radius 3 is 2.60 bits per heavy atom. The summed E-state index contributed by atoms with van der Waals surface area (Å²) in [7, 11) is 0. The van der Waals surface area contributed by atoms with Gasteiger partial charge in [-0.05, 0) is 80.5 Å². The van der Waals surface area contributed by atoms with Crippen LogP contribution < -0.4 is 5.32 Å². The Bertz CT molecular complexity index is 1070. The molecule has 1 fully saturated rings. The van der Waals surface area contributed by atoms with E-state index in [4.69, 9.17) is 0 Å². The number of aliphatic carboxylic acids is 1. The molecule has 1 aromatic carbocycles. The van der Waals surface area contributed by atoms with E-state index in [1.54, 1.807) is 12.4 Å². The van der Waals surface area contributed by atoms with Crippen LogP contribution in [0.3, 0.4) is 0 Å². The van der Waals surface area contributed by atoms with Crippen molar-refractivity contribution in [3.8, 4) is 10.4 Å². The zero-order valence-electron chi connectivity index (χ0n) is 17.1. The molecule has 0 amide bonds. The van der Waals surface area contributed by atoms with Crippen LogP contribution in [0.1, 0.15) is 41.8 Å². The second kappa shape index (κ2) is 8.16. The van der Waals surface area contributed by atoms with Crippen LogP contribution in [-0.4, -0.2) is 26.2 Å². The van der Waals surface area contributed by atoms with Gasteiger partial charge in [-0.3, -0.25) is 4.79 Å². The number of carbonyl (C=O) groups is 1. The van der Waals surface area contributed by atoms with Crippen molar-refractivity contribution >= 4 is 28.8 Å². The predicted octanol–water partition coefficient (Wildman–Crippen LogP) is 5.03. The number of hydrogen-bond acceptors (Lipinski definition) is 6. The van der Waals surface area contributed by atoms with Gasteiger partial charge < -0.3 is 15.5 Å². The van der Waals surface area contributed by atoms with E-state index < -0.39 is 11.6 Å². The van der Waals surface area contributed by atoms with Gasteiger partial charge in [0.05, 0.1) is 10.8 Å². The first-order valence-corrected chi connectivity index (χ1v) is 10.9. The highest BCUT2D eigenvalue weighted by Crippen LogP contribution is 2.42. The quantitative estimate of drug-likeness (QED) is 0.533. The fourth-order valence-corrected chi connectivity index (χ4v) is 4.94. The van der Waals surface area contributed by atoms with Crippen LogP contribution in [0, 0.1) is 19.8 Å². The second-order valence-corrected chi connectivity index (χ2v) is 9.08. The van der Waals surface area contributed by atoms with Gasteiger partial charge in [0.15, 0.2) is 0 Å². The standard InChI is InChI=1S/C23H25N3O3S/c1-14-7-10-24-20(11-14)26-18-4-3-17(12-15(18)2)19-13-25-22(30-19)23(29)8-5-16(6-9-23)21(27)28/h3-4,7,10-13,16,29H,5-6,8-9H2,1-2H3,(H,24,26)(H,27,28)/t16-,23+. The van der Waals surface area contributed by atoms with Gasteiger partial charge in [-0.2, -0.15) is 0 Å². The number of aliphatic hydroxyl groups is 1. The topological polar surface area (TPSA) is 95.3 Å². The van der Waals surface area contributed by atoms with Crippen LogP contribution in [-0.2, 0) is 10.4 Å². The first-order chi connectivity index (χ1) is 14.3. The third kappa shape index (κ3) is 4.22. The lowest BCUT2D eigenvalue weighted by Gasteiger charge is -2.32. The van der Waals surface area contributed by atoms with Gasteiger partial charge in [-0.25, -0.2) is 9.97 Å². The highest BCUT2D eigenvalue weighted by atomic mass is 32.1. The maximum atomic E-state index is 11.2. The average Bonchev–Trinajstić information content (AvgIpc) is 3.21. The van der Waals surface area contributed by atoms with E-state index in [0.29, 0.717) is 30.7 Å². The number of pyridine rings is 1. The van der Waals surface area contributed by atoms with E-state index in [-0.39, 0.29) is 5.92 Å². The average molecular weight is 424 g/mol. The monoisotopic (exact) mass is 423 g/mol. The van der Waals surface area contributed by atoms with Gasteiger partial charge in [-0.15, -0.1) is 11.3 Å². The fourth-order valence-electron chi connectivity index (χ4n) is 3.88. The molecule has 0 unspecified atom stereocenters. The summed E-state index contributed by atoms with van der Waals surface area (Å²) in [5.74, 6) is -0.331. The van der Waals surface area contributed by atoms with Gasteiger partial charge in [-0.1, -0.05) is 6.07 Å². The Kier molecular flexibility index (Phi) is 5.58. The summed E-state index contributed by atoms with van der Waals surface area (Å²) in [6.45, 7) is 4.08. The molecular formula is C23H25N3O3S. The number of nitrogens with zero attached hydrogens (tertiary/aromatic N) is 2. The van der Waals surface area contributed by atoms with Crippen molar-refractivity contribution in [2.24, 2.45) is 5.92 Å². The van der Waals surface area contributed by atoms with Crippen molar-refractivity contribution in [2.75, 3.05) is 5.32 Å². The molecular weight excluding hydrogens is 398 g/mol.